The van der Waals surface area contributed by atoms with Crippen molar-refractivity contribution in [3.05, 3.63) is 72.6 Å². The molecule has 2 heterocycles. The zero-order chi connectivity index (χ0) is 21.1. The molecule has 0 aliphatic heterocycles. The summed E-state index contributed by atoms with van der Waals surface area (Å²) in [5.74, 6) is 0.957. The molecule has 0 atom stereocenters. The van der Waals surface area contributed by atoms with Gasteiger partial charge in [-0.05, 0) is 30.3 Å². The zero-order valence-corrected chi connectivity index (χ0v) is 16.9. The first-order chi connectivity index (χ1) is 14.6. The molecule has 4 rings (SSSR count). The third kappa shape index (κ3) is 3.53. The molecule has 1 N–H and O–H groups in total. The molecule has 0 spiro atoms. The van der Waals surface area contributed by atoms with Crippen molar-refractivity contribution in [3.63, 3.8) is 0 Å². The molecule has 0 saturated carbocycles. The summed E-state index contributed by atoms with van der Waals surface area (Å²) in [5.41, 5.74) is 3.45. The van der Waals surface area contributed by atoms with Gasteiger partial charge in [0.2, 0.25) is 5.75 Å². The molecule has 7 heteroatoms. The Balaban J connectivity index is 1.69. The van der Waals surface area contributed by atoms with E-state index in [4.69, 9.17) is 14.2 Å². The molecule has 0 aliphatic carbocycles. The van der Waals surface area contributed by atoms with Crippen molar-refractivity contribution in [2.75, 3.05) is 26.6 Å². The number of para-hydroxylation sites is 1. The number of aromatic nitrogens is 2. The van der Waals surface area contributed by atoms with Crippen LogP contribution in [0.3, 0.4) is 0 Å². The largest absolute Gasteiger partial charge is 0.493 e. The number of ether oxygens (including phenoxy) is 3. The van der Waals surface area contributed by atoms with Gasteiger partial charge in [0.05, 0.1) is 32.7 Å². The van der Waals surface area contributed by atoms with Gasteiger partial charge in [-0.3, -0.25) is 4.79 Å². The minimum absolute atomic E-state index is 0.300. The van der Waals surface area contributed by atoms with Gasteiger partial charge in [-0.1, -0.05) is 24.3 Å². The number of hydrogen-bond donors (Lipinski definition) is 1. The maximum absolute atomic E-state index is 13.0. The number of nitrogens with one attached hydrogen (secondary N) is 1. The molecule has 0 radical (unpaired) electrons. The number of hydrogen-bond acceptors (Lipinski definition) is 5. The number of anilines is 1. The van der Waals surface area contributed by atoms with E-state index in [0.29, 0.717) is 28.5 Å². The van der Waals surface area contributed by atoms with Crippen molar-refractivity contribution in [3.8, 4) is 28.5 Å². The number of amides is 1. The third-order valence-corrected chi connectivity index (χ3v) is 4.74. The summed E-state index contributed by atoms with van der Waals surface area (Å²) < 4.78 is 18.0. The van der Waals surface area contributed by atoms with Gasteiger partial charge in [0.25, 0.3) is 5.91 Å². The predicted molar refractivity (Wildman–Crippen MR) is 115 cm³/mol. The predicted octanol–water partition coefficient (Wildman–Crippen LogP) is 4.28. The number of methoxy groups -OCH3 is 3. The SMILES string of the molecule is COc1cc(C(=O)Nc2ccccc2-c2cn3ccccc3n2)cc(OC)c1OC. The number of benzene rings is 2. The Morgan fingerprint density at radius 3 is 2.30 bits per heavy atom. The molecule has 30 heavy (non-hydrogen) atoms. The molecule has 2 aromatic heterocycles. The molecule has 0 aliphatic rings. The van der Waals surface area contributed by atoms with Crippen LogP contribution in [0.1, 0.15) is 10.4 Å². The number of carbonyl (C=O) groups excluding carboxylic acids is 1. The van der Waals surface area contributed by atoms with Gasteiger partial charge >= 0.3 is 0 Å². The summed E-state index contributed by atoms with van der Waals surface area (Å²) in [7, 11) is 4.54. The lowest BCUT2D eigenvalue weighted by atomic mass is 10.1. The topological polar surface area (TPSA) is 74.1 Å². The molecule has 0 bridgehead atoms. The Kier molecular flexibility index (Phi) is 5.26. The number of imidazole rings is 1. The quantitative estimate of drug-likeness (QED) is 0.520. The fraction of sp³-hybridized carbons (Fsp3) is 0.130. The number of fused-ring (bicyclic) bond motifs is 1. The zero-order valence-electron chi connectivity index (χ0n) is 16.9. The van der Waals surface area contributed by atoms with Gasteiger partial charge in [0.15, 0.2) is 11.5 Å². The molecule has 152 valence electrons. The van der Waals surface area contributed by atoms with Crippen molar-refractivity contribution in [2.45, 2.75) is 0 Å². The first-order valence-corrected chi connectivity index (χ1v) is 9.29. The summed E-state index contributed by atoms with van der Waals surface area (Å²) in [5, 5.41) is 2.97. The molecule has 7 nitrogen and oxygen atoms in total. The summed E-state index contributed by atoms with van der Waals surface area (Å²) in [6.07, 6.45) is 3.86. The molecule has 0 unspecified atom stereocenters. The van der Waals surface area contributed by atoms with E-state index in [1.165, 1.54) is 21.3 Å². The van der Waals surface area contributed by atoms with Crippen LogP contribution in [0, 0.1) is 0 Å². The standard InChI is InChI=1S/C23H21N3O4/c1-28-19-12-15(13-20(29-2)22(19)30-3)23(27)25-17-9-5-4-8-16(17)18-14-26-11-7-6-10-21(26)24-18/h4-14H,1-3H3,(H,25,27). The van der Waals surface area contributed by atoms with E-state index >= 15 is 0 Å². The molecule has 0 fully saturated rings. The smallest absolute Gasteiger partial charge is 0.255 e. The Morgan fingerprint density at radius 1 is 0.933 bits per heavy atom. The van der Waals surface area contributed by atoms with Crippen molar-refractivity contribution >= 4 is 17.2 Å². The highest BCUT2D eigenvalue weighted by Gasteiger charge is 2.18. The fourth-order valence-corrected chi connectivity index (χ4v) is 3.29. The van der Waals surface area contributed by atoms with E-state index < -0.39 is 0 Å². The number of carbonyl (C=O) groups is 1. The van der Waals surface area contributed by atoms with Crippen LogP contribution in [0.5, 0.6) is 17.2 Å². The number of rotatable bonds is 6. The highest BCUT2D eigenvalue weighted by molar-refractivity contribution is 6.07. The molecular weight excluding hydrogens is 382 g/mol. The van der Waals surface area contributed by atoms with Gasteiger partial charge < -0.3 is 23.9 Å². The molecule has 4 aromatic rings. The Labute approximate surface area is 173 Å². The Bertz CT molecular complexity index is 1160. The van der Waals surface area contributed by atoms with Gasteiger partial charge in [-0.2, -0.15) is 0 Å². The van der Waals surface area contributed by atoms with Gasteiger partial charge in [0.1, 0.15) is 5.65 Å². The maximum Gasteiger partial charge on any atom is 0.255 e. The number of pyridine rings is 1. The summed E-state index contributed by atoms with van der Waals surface area (Å²) in [4.78, 5) is 17.7. The van der Waals surface area contributed by atoms with E-state index in [0.717, 1.165) is 16.9 Å². The second-order valence-corrected chi connectivity index (χ2v) is 6.51. The van der Waals surface area contributed by atoms with Crippen LogP contribution in [-0.2, 0) is 0 Å². The second-order valence-electron chi connectivity index (χ2n) is 6.51. The summed E-state index contributed by atoms with van der Waals surface area (Å²) in [6, 6.07) is 16.6. The summed E-state index contributed by atoms with van der Waals surface area (Å²) >= 11 is 0. The lowest BCUT2D eigenvalue weighted by Crippen LogP contribution is -2.13. The van der Waals surface area contributed by atoms with Crippen molar-refractivity contribution in [1.29, 1.82) is 0 Å². The fourth-order valence-electron chi connectivity index (χ4n) is 3.29. The lowest BCUT2D eigenvalue weighted by Gasteiger charge is -2.15. The van der Waals surface area contributed by atoms with E-state index in [1.54, 1.807) is 12.1 Å². The van der Waals surface area contributed by atoms with E-state index in [9.17, 15) is 4.79 Å². The van der Waals surface area contributed by atoms with Gasteiger partial charge in [-0.25, -0.2) is 4.98 Å². The van der Waals surface area contributed by atoms with Gasteiger partial charge in [-0.15, -0.1) is 0 Å². The average molecular weight is 403 g/mol. The van der Waals surface area contributed by atoms with Crippen LogP contribution in [0.15, 0.2) is 67.0 Å². The highest BCUT2D eigenvalue weighted by Crippen LogP contribution is 2.38. The first-order valence-electron chi connectivity index (χ1n) is 9.29. The molecular formula is C23H21N3O4. The Hall–Kier alpha value is -4.00. The van der Waals surface area contributed by atoms with Crippen molar-refractivity contribution in [2.24, 2.45) is 0 Å². The summed E-state index contributed by atoms with van der Waals surface area (Å²) in [6.45, 7) is 0. The highest BCUT2D eigenvalue weighted by atomic mass is 16.5. The van der Waals surface area contributed by atoms with Crippen molar-refractivity contribution in [1.82, 2.24) is 9.38 Å². The van der Waals surface area contributed by atoms with Crippen LogP contribution in [0.2, 0.25) is 0 Å². The first kappa shape index (κ1) is 19.3. The normalized spacial score (nSPS) is 10.6. The molecule has 1 amide bonds. The van der Waals surface area contributed by atoms with Crippen LogP contribution >= 0.6 is 0 Å². The van der Waals surface area contributed by atoms with E-state index in [1.807, 2.05) is 59.3 Å². The van der Waals surface area contributed by atoms with E-state index in [2.05, 4.69) is 10.3 Å². The van der Waals surface area contributed by atoms with Crippen LogP contribution in [-0.4, -0.2) is 36.6 Å². The maximum atomic E-state index is 13.0. The minimum atomic E-state index is -0.300. The lowest BCUT2D eigenvalue weighted by molar-refractivity contribution is 0.102. The van der Waals surface area contributed by atoms with Crippen molar-refractivity contribution < 1.29 is 19.0 Å². The monoisotopic (exact) mass is 403 g/mol. The van der Waals surface area contributed by atoms with Gasteiger partial charge in [0, 0.05) is 23.5 Å². The molecule has 2 aromatic carbocycles. The third-order valence-electron chi connectivity index (χ3n) is 4.74. The molecule has 0 saturated heterocycles. The second kappa shape index (κ2) is 8.16. The van der Waals surface area contributed by atoms with Crippen LogP contribution in [0.25, 0.3) is 16.9 Å². The Morgan fingerprint density at radius 2 is 1.63 bits per heavy atom. The van der Waals surface area contributed by atoms with Crippen LogP contribution < -0.4 is 19.5 Å². The average Bonchev–Trinajstić information content (AvgIpc) is 3.22. The van der Waals surface area contributed by atoms with Crippen LogP contribution in [0.4, 0.5) is 5.69 Å². The van der Waals surface area contributed by atoms with E-state index in [-0.39, 0.29) is 5.91 Å². The minimum Gasteiger partial charge on any atom is -0.493 e. The number of nitrogens with zero attached hydrogens (tertiary/aromatic N) is 2.